The van der Waals surface area contributed by atoms with E-state index in [1.165, 1.54) is 29.5 Å². The van der Waals surface area contributed by atoms with Gasteiger partial charge in [0.2, 0.25) is 5.16 Å². The number of aromatic nitrogens is 4. The fourth-order valence-corrected chi connectivity index (χ4v) is 2.74. The lowest BCUT2D eigenvalue weighted by Crippen LogP contribution is -2.22. The van der Waals surface area contributed by atoms with Gasteiger partial charge in [-0.1, -0.05) is 54.2 Å². The minimum atomic E-state index is -1.21. The molecule has 0 fully saturated rings. The maximum absolute atomic E-state index is 10.8. The third-order valence-corrected chi connectivity index (χ3v) is 3.99. The standard InChI is InChI=1S/C15H12N4O2S/c20-14(21)12-6-8-13(9-7-12)19-15(16-17-18-19)22-10-11-4-2-1-3-5-11/h1-9H,10H2,(H,20,21)/p-1. The van der Waals surface area contributed by atoms with Crippen LogP contribution >= 0.6 is 11.8 Å². The molecular formula is C15H11N4O2S-. The van der Waals surface area contributed by atoms with Crippen LogP contribution < -0.4 is 5.11 Å². The molecule has 0 amide bonds. The van der Waals surface area contributed by atoms with Crippen LogP contribution in [0.5, 0.6) is 0 Å². The van der Waals surface area contributed by atoms with Crippen molar-refractivity contribution in [2.45, 2.75) is 10.9 Å². The number of carboxylic acid groups (broad SMARTS) is 1. The van der Waals surface area contributed by atoms with Crippen molar-refractivity contribution >= 4 is 17.7 Å². The normalized spacial score (nSPS) is 10.5. The number of hydrogen-bond acceptors (Lipinski definition) is 6. The summed E-state index contributed by atoms with van der Waals surface area (Å²) in [5.41, 5.74) is 2.00. The smallest absolute Gasteiger partial charge is 0.214 e. The van der Waals surface area contributed by atoms with Gasteiger partial charge >= 0.3 is 0 Å². The number of thioether (sulfide) groups is 1. The van der Waals surface area contributed by atoms with E-state index in [9.17, 15) is 9.90 Å². The number of benzene rings is 2. The zero-order valence-corrected chi connectivity index (χ0v) is 12.2. The highest BCUT2D eigenvalue weighted by atomic mass is 32.2. The molecule has 1 heterocycles. The number of hydrogen-bond donors (Lipinski definition) is 0. The van der Waals surface area contributed by atoms with Crippen LogP contribution in [0, 0.1) is 0 Å². The van der Waals surface area contributed by atoms with E-state index in [4.69, 9.17) is 0 Å². The second-order valence-corrected chi connectivity index (χ2v) is 5.42. The Morgan fingerprint density at radius 2 is 1.82 bits per heavy atom. The molecule has 0 atom stereocenters. The molecule has 0 radical (unpaired) electrons. The highest BCUT2D eigenvalue weighted by molar-refractivity contribution is 7.98. The van der Waals surface area contributed by atoms with Crippen molar-refractivity contribution in [3.05, 3.63) is 65.7 Å². The highest BCUT2D eigenvalue weighted by Crippen LogP contribution is 2.22. The molecule has 0 saturated heterocycles. The van der Waals surface area contributed by atoms with Crippen molar-refractivity contribution in [1.82, 2.24) is 20.2 Å². The van der Waals surface area contributed by atoms with Crippen molar-refractivity contribution in [2.24, 2.45) is 0 Å². The summed E-state index contributed by atoms with van der Waals surface area (Å²) in [4.78, 5) is 10.8. The van der Waals surface area contributed by atoms with Gasteiger partial charge < -0.3 is 9.90 Å². The third kappa shape index (κ3) is 3.15. The lowest BCUT2D eigenvalue weighted by atomic mass is 10.2. The molecule has 6 nitrogen and oxygen atoms in total. The molecule has 0 spiro atoms. The Labute approximate surface area is 130 Å². The zero-order chi connectivity index (χ0) is 15.4. The van der Waals surface area contributed by atoms with Gasteiger partial charge in [-0.2, -0.15) is 4.68 Å². The van der Waals surface area contributed by atoms with Crippen LogP contribution in [0.3, 0.4) is 0 Å². The van der Waals surface area contributed by atoms with E-state index in [1.54, 1.807) is 16.8 Å². The van der Waals surface area contributed by atoms with E-state index >= 15 is 0 Å². The van der Waals surface area contributed by atoms with E-state index < -0.39 is 5.97 Å². The maximum atomic E-state index is 10.8. The zero-order valence-electron chi connectivity index (χ0n) is 11.4. The van der Waals surface area contributed by atoms with Crippen LogP contribution in [-0.2, 0) is 5.75 Å². The molecule has 0 unspecified atom stereocenters. The first kappa shape index (κ1) is 14.3. The Morgan fingerprint density at radius 3 is 2.50 bits per heavy atom. The van der Waals surface area contributed by atoms with E-state index in [1.807, 2.05) is 30.3 Å². The monoisotopic (exact) mass is 311 g/mol. The summed E-state index contributed by atoms with van der Waals surface area (Å²) in [5.74, 6) is -0.458. The summed E-state index contributed by atoms with van der Waals surface area (Å²) in [6.07, 6.45) is 0. The minimum Gasteiger partial charge on any atom is -0.545 e. The van der Waals surface area contributed by atoms with Crippen molar-refractivity contribution in [3.63, 3.8) is 0 Å². The lowest BCUT2D eigenvalue weighted by Gasteiger charge is -2.06. The molecule has 2 aromatic carbocycles. The molecule has 3 aromatic rings. The van der Waals surface area contributed by atoms with Gasteiger partial charge in [0.05, 0.1) is 11.7 Å². The Bertz CT molecular complexity index is 772. The largest absolute Gasteiger partial charge is 0.545 e. The number of tetrazole rings is 1. The number of carbonyl (C=O) groups excluding carboxylic acids is 1. The van der Waals surface area contributed by atoms with E-state index in [2.05, 4.69) is 15.5 Å². The molecule has 22 heavy (non-hydrogen) atoms. The number of aromatic carboxylic acids is 1. The number of rotatable bonds is 5. The fraction of sp³-hybridized carbons (Fsp3) is 0.0667. The Hall–Kier alpha value is -2.67. The van der Waals surface area contributed by atoms with Gasteiger partial charge in [-0.3, -0.25) is 0 Å². The molecule has 7 heteroatoms. The predicted molar refractivity (Wildman–Crippen MR) is 79.5 cm³/mol. The molecule has 1 aromatic heterocycles. The molecule has 0 aliphatic heterocycles. The van der Waals surface area contributed by atoms with Crippen LogP contribution in [0.25, 0.3) is 5.69 Å². The molecular weight excluding hydrogens is 300 g/mol. The summed E-state index contributed by atoms with van der Waals surface area (Å²) >= 11 is 1.51. The predicted octanol–water partition coefficient (Wildman–Crippen LogP) is 1.32. The quantitative estimate of drug-likeness (QED) is 0.661. The van der Waals surface area contributed by atoms with Crippen molar-refractivity contribution in [2.75, 3.05) is 0 Å². The minimum absolute atomic E-state index is 0.121. The van der Waals surface area contributed by atoms with Gasteiger partial charge in [-0.15, -0.1) is 5.10 Å². The topological polar surface area (TPSA) is 83.7 Å². The van der Waals surface area contributed by atoms with Crippen molar-refractivity contribution < 1.29 is 9.90 Å². The number of carboxylic acids is 1. The molecule has 0 aliphatic carbocycles. The van der Waals surface area contributed by atoms with Crippen LogP contribution in [0.1, 0.15) is 15.9 Å². The number of nitrogens with zero attached hydrogens (tertiary/aromatic N) is 4. The Morgan fingerprint density at radius 1 is 1.09 bits per heavy atom. The molecule has 0 N–H and O–H groups in total. The first-order chi connectivity index (χ1) is 10.7. The van der Waals surface area contributed by atoms with E-state index in [-0.39, 0.29) is 5.56 Å². The average molecular weight is 311 g/mol. The average Bonchev–Trinajstić information content (AvgIpc) is 3.02. The third-order valence-electron chi connectivity index (χ3n) is 3.00. The summed E-state index contributed by atoms with van der Waals surface area (Å²) in [6, 6.07) is 16.2. The Kier molecular flexibility index (Phi) is 4.15. The van der Waals surface area contributed by atoms with E-state index in [0.717, 1.165) is 5.75 Å². The summed E-state index contributed by atoms with van der Waals surface area (Å²) in [6.45, 7) is 0. The fourth-order valence-electron chi connectivity index (χ4n) is 1.89. The second kappa shape index (κ2) is 6.40. The van der Waals surface area contributed by atoms with Gasteiger partial charge in [0.25, 0.3) is 0 Å². The molecule has 0 aliphatic rings. The van der Waals surface area contributed by atoms with Crippen LogP contribution in [-0.4, -0.2) is 26.2 Å². The lowest BCUT2D eigenvalue weighted by molar-refractivity contribution is -0.255. The highest BCUT2D eigenvalue weighted by Gasteiger charge is 2.09. The van der Waals surface area contributed by atoms with Crippen LogP contribution in [0.2, 0.25) is 0 Å². The van der Waals surface area contributed by atoms with Crippen LogP contribution in [0.15, 0.2) is 59.8 Å². The summed E-state index contributed by atoms with van der Waals surface area (Å²) in [5, 5.41) is 23.0. The maximum Gasteiger partial charge on any atom is 0.214 e. The van der Waals surface area contributed by atoms with Gasteiger partial charge in [0.15, 0.2) is 0 Å². The van der Waals surface area contributed by atoms with Crippen molar-refractivity contribution in [3.8, 4) is 5.69 Å². The van der Waals surface area contributed by atoms with Crippen LogP contribution in [0.4, 0.5) is 0 Å². The SMILES string of the molecule is O=C([O-])c1ccc(-n2nnnc2SCc2ccccc2)cc1. The van der Waals surface area contributed by atoms with Gasteiger partial charge in [0.1, 0.15) is 0 Å². The van der Waals surface area contributed by atoms with Crippen molar-refractivity contribution in [1.29, 1.82) is 0 Å². The first-order valence-corrected chi connectivity index (χ1v) is 7.49. The van der Waals surface area contributed by atoms with E-state index in [0.29, 0.717) is 10.8 Å². The number of carbonyl (C=O) groups is 1. The molecule has 3 rings (SSSR count). The van der Waals surface area contributed by atoms with Gasteiger partial charge in [0, 0.05) is 5.75 Å². The second-order valence-electron chi connectivity index (χ2n) is 4.48. The first-order valence-electron chi connectivity index (χ1n) is 6.51. The molecule has 110 valence electrons. The molecule has 0 bridgehead atoms. The summed E-state index contributed by atoms with van der Waals surface area (Å²) < 4.78 is 1.58. The van der Waals surface area contributed by atoms with Gasteiger partial charge in [-0.25, -0.2) is 0 Å². The van der Waals surface area contributed by atoms with Gasteiger partial charge in [-0.05, 0) is 33.7 Å². The summed E-state index contributed by atoms with van der Waals surface area (Å²) in [7, 11) is 0. The molecule has 0 saturated carbocycles. The Balaban J connectivity index is 1.78.